The van der Waals surface area contributed by atoms with Crippen molar-refractivity contribution in [1.82, 2.24) is 9.80 Å². The van der Waals surface area contributed by atoms with E-state index in [2.05, 4.69) is 10.2 Å². The number of nitrogens with zero attached hydrogens (tertiary/aromatic N) is 2. The van der Waals surface area contributed by atoms with Crippen molar-refractivity contribution < 1.29 is 18.0 Å². The molecular weight excluding hydrogens is 486 g/mol. The number of benzene rings is 3. The molecule has 7 nitrogen and oxygen atoms in total. The zero-order chi connectivity index (χ0) is 25.6. The molecule has 1 fully saturated rings. The molecule has 0 aliphatic carbocycles. The van der Waals surface area contributed by atoms with Gasteiger partial charge in [-0.1, -0.05) is 60.7 Å². The summed E-state index contributed by atoms with van der Waals surface area (Å²) in [4.78, 5) is 30.1. The molecule has 0 bridgehead atoms. The van der Waals surface area contributed by atoms with Crippen LogP contribution in [0.2, 0.25) is 0 Å². The Hall–Kier alpha value is -3.49. The van der Waals surface area contributed by atoms with Gasteiger partial charge in [0.25, 0.3) is 0 Å². The maximum Gasteiger partial charge on any atom is 0.225 e. The molecule has 2 unspecified atom stereocenters. The molecule has 3 aliphatic heterocycles. The van der Waals surface area contributed by atoms with Gasteiger partial charge in [-0.05, 0) is 34.4 Å². The van der Waals surface area contributed by atoms with Crippen molar-refractivity contribution in [1.29, 1.82) is 0 Å². The molecule has 1 N–H and O–H groups in total. The van der Waals surface area contributed by atoms with Crippen molar-refractivity contribution in [3.05, 3.63) is 95.1 Å². The highest BCUT2D eigenvalue weighted by atomic mass is 32.2. The Balaban J connectivity index is 1.22. The van der Waals surface area contributed by atoms with Crippen LogP contribution in [0.3, 0.4) is 0 Å². The van der Waals surface area contributed by atoms with Gasteiger partial charge in [0, 0.05) is 50.6 Å². The molecule has 1 saturated heterocycles. The maximum atomic E-state index is 13.3. The van der Waals surface area contributed by atoms with Crippen molar-refractivity contribution >= 4 is 27.3 Å². The molecule has 2 amide bonds. The first-order chi connectivity index (χ1) is 17.9. The fraction of sp³-hybridized carbons (Fsp3) is 0.310. The Morgan fingerprint density at radius 3 is 2.27 bits per heavy atom. The van der Waals surface area contributed by atoms with Gasteiger partial charge in [-0.25, -0.2) is 8.42 Å². The summed E-state index contributed by atoms with van der Waals surface area (Å²) in [5.41, 5.74) is 4.46. The van der Waals surface area contributed by atoms with Crippen LogP contribution in [-0.2, 0) is 25.2 Å². The number of hydrogen-bond acceptors (Lipinski definition) is 5. The van der Waals surface area contributed by atoms with Gasteiger partial charge in [0.05, 0.1) is 16.7 Å². The summed E-state index contributed by atoms with van der Waals surface area (Å²) in [5, 5.41) is 2.90. The highest BCUT2D eigenvalue weighted by Gasteiger charge is 2.36. The van der Waals surface area contributed by atoms with Crippen molar-refractivity contribution in [3.63, 3.8) is 0 Å². The molecule has 3 aliphatic rings. The maximum absolute atomic E-state index is 13.3. The Bertz CT molecular complexity index is 1480. The Labute approximate surface area is 217 Å². The molecule has 6 rings (SSSR count). The summed E-state index contributed by atoms with van der Waals surface area (Å²) in [6.45, 7) is 2.40. The molecule has 0 spiro atoms. The van der Waals surface area contributed by atoms with Gasteiger partial charge < -0.3 is 10.2 Å². The number of piperazine rings is 1. The number of nitrogens with one attached hydrogen (secondary N) is 1. The summed E-state index contributed by atoms with van der Waals surface area (Å²) < 4.78 is 26.5. The third-order valence-corrected chi connectivity index (χ3v) is 9.54. The predicted molar refractivity (Wildman–Crippen MR) is 141 cm³/mol. The van der Waals surface area contributed by atoms with Crippen LogP contribution in [0.15, 0.2) is 77.7 Å². The quantitative estimate of drug-likeness (QED) is 0.575. The number of rotatable bonds is 3. The molecule has 0 saturated carbocycles. The van der Waals surface area contributed by atoms with Crippen LogP contribution < -0.4 is 5.32 Å². The topological polar surface area (TPSA) is 86.8 Å². The minimum absolute atomic E-state index is 0.00836. The largest absolute Gasteiger partial charge is 0.340 e. The van der Waals surface area contributed by atoms with Crippen LogP contribution >= 0.6 is 0 Å². The monoisotopic (exact) mass is 515 g/mol. The van der Waals surface area contributed by atoms with E-state index in [1.54, 1.807) is 12.1 Å². The molecule has 3 aromatic carbocycles. The van der Waals surface area contributed by atoms with Crippen LogP contribution in [-0.4, -0.2) is 56.2 Å². The first kappa shape index (κ1) is 23.9. The first-order valence-corrected chi connectivity index (χ1v) is 14.4. The van der Waals surface area contributed by atoms with E-state index in [0.717, 1.165) is 27.9 Å². The van der Waals surface area contributed by atoms with E-state index in [9.17, 15) is 18.0 Å². The van der Waals surface area contributed by atoms with Gasteiger partial charge in [-0.3, -0.25) is 14.5 Å². The van der Waals surface area contributed by atoms with Gasteiger partial charge >= 0.3 is 0 Å². The molecule has 0 aromatic heterocycles. The number of carbonyl (C=O) groups excluding carboxylic acids is 2. The minimum Gasteiger partial charge on any atom is -0.340 e. The van der Waals surface area contributed by atoms with Gasteiger partial charge in [0.2, 0.25) is 11.8 Å². The fourth-order valence-electron chi connectivity index (χ4n) is 6.02. The van der Waals surface area contributed by atoms with E-state index in [4.69, 9.17) is 0 Å². The van der Waals surface area contributed by atoms with Crippen LogP contribution in [0.25, 0.3) is 0 Å². The average molecular weight is 516 g/mol. The first-order valence-electron chi connectivity index (χ1n) is 12.7. The number of amides is 2. The molecule has 190 valence electrons. The second kappa shape index (κ2) is 9.43. The molecule has 3 aromatic rings. The third-order valence-electron chi connectivity index (χ3n) is 7.80. The lowest BCUT2D eigenvalue weighted by molar-refractivity contribution is -0.133. The Morgan fingerprint density at radius 1 is 0.838 bits per heavy atom. The molecule has 0 radical (unpaired) electrons. The summed E-state index contributed by atoms with van der Waals surface area (Å²) in [7, 11) is -3.46. The summed E-state index contributed by atoms with van der Waals surface area (Å²) in [6, 6.07) is 22.6. The van der Waals surface area contributed by atoms with Gasteiger partial charge in [0.15, 0.2) is 9.84 Å². The van der Waals surface area contributed by atoms with E-state index in [0.29, 0.717) is 43.9 Å². The molecule has 8 heteroatoms. The van der Waals surface area contributed by atoms with E-state index in [-0.39, 0.29) is 29.5 Å². The average Bonchev–Trinajstić information content (AvgIpc) is 3.00. The van der Waals surface area contributed by atoms with E-state index < -0.39 is 9.84 Å². The smallest absolute Gasteiger partial charge is 0.225 e. The van der Waals surface area contributed by atoms with Crippen LogP contribution in [0.5, 0.6) is 0 Å². The van der Waals surface area contributed by atoms with Crippen molar-refractivity contribution in [2.75, 3.05) is 31.5 Å². The summed E-state index contributed by atoms with van der Waals surface area (Å²) >= 11 is 0. The number of anilines is 1. The van der Waals surface area contributed by atoms with Crippen LogP contribution in [0.4, 0.5) is 5.69 Å². The molecule has 3 heterocycles. The second-order valence-corrected chi connectivity index (χ2v) is 12.0. The number of fused-ring (bicyclic) bond motifs is 3. The third kappa shape index (κ3) is 4.45. The van der Waals surface area contributed by atoms with E-state index >= 15 is 0 Å². The lowest BCUT2D eigenvalue weighted by Gasteiger charge is -2.40. The van der Waals surface area contributed by atoms with E-state index in [1.165, 1.54) is 0 Å². The number of hydrogen-bond donors (Lipinski definition) is 1. The highest BCUT2D eigenvalue weighted by Crippen LogP contribution is 2.40. The Kier molecular flexibility index (Phi) is 6.09. The molecule has 2 atom stereocenters. The number of para-hydroxylation sites is 1. The SMILES string of the molecule is O=C1CC(CC(=O)N2CCN(C3c4ccccc4CS(=O)(=O)c4ccccc43)CC2)c2ccccc2N1. The molecule has 37 heavy (non-hydrogen) atoms. The second-order valence-electron chi connectivity index (χ2n) is 10.1. The normalized spacial score (nSPS) is 22.7. The van der Waals surface area contributed by atoms with Crippen LogP contribution in [0.1, 0.15) is 47.1 Å². The fourth-order valence-corrected chi connectivity index (χ4v) is 7.67. The zero-order valence-electron chi connectivity index (χ0n) is 20.5. The standard InChI is InChI=1S/C29H29N3O4S/c33-27-17-21(22-8-3-5-11-25(22)30-27)18-28(34)31-13-15-32(16-14-31)29-23-9-2-1-7-20(23)19-37(35,36)26-12-6-4-10-24(26)29/h1-12,21,29H,13-19H2,(H,30,33). The number of sulfone groups is 1. The minimum atomic E-state index is -3.46. The van der Waals surface area contributed by atoms with E-state index in [1.807, 2.05) is 65.6 Å². The Morgan fingerprint density at radius 2 is 1.49 bits per heavy atom. The van der Waals surface area contributed by atoms with Gasteiger partial charge in [0.1, 0.15) is 0 Å². The summed E-state index contributed by atoms with van der Waals surface area (Å²) in [6.07, 6.45) is 0.616. The zero-order valence-corrected chi connectivity index (χ0v) is 21.3. The van der Waals surface area contributed by atoms with Crippen molar-refractivity contribution in [3.8, 4) is 0 Å². The van der Waals surface area contributed by atoms with Crippen molar-refractivity contribution in [2.24, 2.45) is 0 Å². The number of carbonyl (C=O) groups is 2. The lowest BCUT2D eigenvalue weighted by Crippen LogP contribution is -2.50. The summed E-state index contributed by atoms with van der Waals surface area (Å²) in [5.74, 6) is -0.132. The van der Waals surface area contributed by atoms with Gasteiger partial charge in [-0.15, -0.1) is 0 Å². The molecular formula is C29H29N3O4S. The highest BCUT2D eigenvalue weighted by molar-refractivity contribution is 7.90. The van der Waals surface area contributed by atoms with Crippen LogP contribution in [0, 0.1) is 0 Å². The lowest BCUT2D eigenvalue weighted by atomic mass is 9.87. The van der Waals surface area contributed by atoms with Crippen molar-refractivity contribution in [2.45, 2.75) is 35.4 Å². The van der Waals surface area contributed by atoms with Gasteiger partial charge in [-0.2, -0.15) is 0 Å². The predicted octanol–water partition coefficient (Wildman–Crippen LogP) is 3.72.